The summed E-state index contributed by atoms with van der Waals surface area (Å²) in [7, 11) is 0. The van der Waals surface area contributed by atoms with E-state index in [9.17, 15) is 14.7 Å². The molecule has 6 heteroatoms. The molecule has 1 aliphatic rings. The van der Waals surface area contributed by atoms with E-state index in [-0.39, 0.29) is 5.78 Å². The molecule has 1 aliphatic heterocycles. The van der Waals surface area contributed by atoms with Crippen molar-refractivity contribution >= 4 is 11.8 Å². The van der Waals surface area contributed by atoms with E-state index in [0.29, 0.717) is 49.5 Å². The van der Waals surface area contributed by atoms with Crippen molar-refractivity contribution in [2.24, 2.45) is 0 Å². The van der Waals surface area contributed by atoms with Crippen LogP contribution in [0.5, 0.6) is 0 Å². The molecule has 0 fully saturated rings. The molecule has 1 aromatic heterocycles. The van der Waals surface area contributed by atoms with Gasteiger partial charge in [0, 0.05) is 17.8 Å². The Bertz CT molecular complexity index is 919. The molecule has 0 saturated heterocycles. The first kappa shape index (κ1) is 19.8. The van der Waals surface area contributed by atoms with Crippen LogP contribution in [0, 0.1) is 6.57 Å². The molecule has 3 rings (SSSR count). The van der Waals surface area contributed by atoms with Gasteiger partial charge in [0.05, 0.1) is 18.2 Å². The Labute approximate surface area is 164 Å². The second kappa shape index (κ2) is 7.99. The minimum Gasteiger partial charge on any atom is -0.481 e. The summed E-state index contributed by atoms with van der Waals surface area (Å²) < 4.78 is 7.58. The number of carbonyl (C=O) groups is 2. The number of rotatable bonds is 8. The zero-order valence-corrected chi connectivity index (χ0v) is 16.1. The first-order valence-corrected chi connectivity index (χ1v) is 9.35. The van der Waals surface area contributed by atoms with E-state index >= 15 is 0 Å². The van der Waals surface area contributed by atoms with Crippen LogP contribution < -0.4 is 0 Å². The number of ether oxygens (including phenoxy) is 1. The minimum atomic E-state index is -0.845. The summed E-state index contributed by atoms with van der Waals surface area (Å²) in [5.41, 5.74) is 2.42. The lowest BCUT2D eigenvalue weighted by atomic mass is 10.0. The molecule has 2 aromatic rings. The summed E-state index contributed by atoms with van der Waals surface area (Å²) in [5, 5.41) is 9.28. The van der Waals surface area contributed by atoms with Gasteiger partial charge < -0.3 is 19.3 Å². The number of benzene rings is 1. The van der Waals surface area contributed by atoms with Crippen LogP contribution in [0.25, 0.3) is 4.85 Å². The van der Waals surface area contributed by atoms with Crippen LogP contribution in [0.15, 0.2) is 36.4 Å². The highest BCUT2D eigenvalue weighted by Crippen LogP contribution is 2.31. The van der Waals surface area contributed by atoms with Crippen LogP contribution >= 0.6 is 0 Å². The van der Waals surface area contributed by atoms with E-state index in [4.69, 9.17) is 11.3 Å². The number of aromatic nitrogens is 1. The summed E-state index contributed by atoms with van der Waals surface area (Å²) in [5.74, 6) is -1.48. The molecule has 1 unspecified atom stereocenters. The first-order chi connectivity index (χ1) is 13.3. The second-order valence-corrected chi connectivity index (χ2v) is 7.68. The lowest BCUT2D eigenvalue weighted by molar-refractivity contribution is -0.138. The molecular formula is C22H24N2O4. The number of hydrogen-bond donors (Lipinski definition) is 1. The normalized spacial score (nSPS) is 15.8. The summed E-state index contributed by atoms with van der Waals surface area (Å²) in [6, 6.07) is 10.9. The van der Waals surface area contributed by atoms with Gasteiger partial charge in [-0.2, -0.15) is 0 Å². The van der Waals surface area contributed by atoms with E-state index in [2.05, 4.69) is 4.85 Å². The maximum atomic E-state index is 12.9. The van der Waals surface area contributed by atoms with E-state index in [1.807, 2.05) is 30.5 Å². The number of carbonyl (C=O) groups excluding carboxylic acids is 1. The third-order valence-corrected chi connectivity index (χ3v) is 5.10. The van der Waals surface area contributed by atoms with Crippen LogP contribution in [0.2, 0.25) is 0 Å². The van der Waals surface area contributed by atoms with Crippen LogP contribution in [-0.4, -0.2) is 40.2 Å². The molecular weight excluding hydrogens is 356 g/mol. The zero-order chi connectivity index (χ0) is 20.3. The molecule has 0 bridgehead atoms. The predicted molar refractivity (Wildman–Crippen MR) is 105 cm³/mol. The van der Waals surface area contributed by atoms with Crippen LogP contribution in [0.1, 0.15) is 53.5 Å². The van der Waals surface area contributed by atoms with Gasteiger partial charge in [-0.25, -0.2) is 6.57 Å². The first-order valence-electron chi connectivity index (χ1n) is 9.35. The molecule has 1 N–H and O–H groups in total. The predicted octanol–water partition coefficient (Wildman–Crippen LogP) is 3.55. The molecule has 6 nitrogen and oxygen atoms in total. The molecule has 1 aromatic carbocycles. The highest BCUT2D eigenvalue weighted by atomic mass is 16.5. The van der Waals surface area contributed by atoms with Crippen molar-refractivity contribution in [1.29, 1.82) is 0 Å². The standard InChI is InChI=1S/C22H24N2O4/c1-22(2,14-23-3)28-13-11-15-4-6-16(7-5-15)20(25)19-9-8-18-17(21(26)27)10-12-24(18)19/h4-9,17H,10-14H2,1-2H3,(H,26,27). The summed E-state index contributed by atoms with van der Waals surface area (Å²) >= 11 is 0. The van der Waals surface area contributed by atoms with Crippen molar-refractivity contribution in [1.82, 2.24) is 4.57 Å². The van der Waals surface area contributed by atoms with Crippen LogP contribution in [0.3, 0.4) is 0 Å². The van der Waals surface area contributed by atoms with Crippen molar-refractivity contribution in [3.8, 4) is 0 Å². The maximum absolute atomic E-state index is 12.9. The lowest BCUT2D eigenvalue weighted by Crippen LogP contribution is -2.28. The number of hydrogen-bond acceptors (Lipinski definition) is 3. The highest BCUT2D eigenvalue weighted by Gasteiger charge is 2.31. The molecule has 1 atom stereocenters. The average molecular weight is 380 g/mol. The van der Waals surface area contributed by atoms with E-state index < -0.39 is 17.5 Å². The number of carboxylic acids is 1. The van der Waals surface area contributed by atoms with Gasteiger partial charge in [-0.1, -0.05) is 24.3 Å². The molecule has 28 heavy (non-hydrogen) atoms. The Morgan fingerprint density at radius 2 is 1.96 bits per heavy atom. The largest absolute Gasteiger partial charge is 0.481 e. The number of nitrogens with zero attached hydrogens (tertiary/aromatic N) is 2. The maximum Gasteiger partial charge on any atom is 0.312 e. The number of carboxylic acid groups (broad SMARTS) is 1. The quantitative estimate of drug-likeness (QED) is 0.561. The molecule has 0 aliphatic carbocycles. The summed E-state index contributed by atoms with van der Waals surface area (Å²) in [6.45, 7) is 12.1. The Morgan fingerprint density at radius 1 is 1.25 bits per heavy atom. The average Bonchev–Trinajstić information content (AvgIpc) is 3.23. The Balaban J connectivity index is 1.65. The Kier molecular flexibility index (Phi) is 5.66. The Hall–Kier alpha value is -2.91. The van der Waals surface area contributed by atoms with Crippen molar-refractivity contribution < 1.29 is 19.4 Å². The minimum absolute atomic E-state index is 0.0988. The fourth-order valence-corrected chi connectivity index (χ4v) is 3.54. The van der Waals surface area contributed by atoms with Gasteiger partial charge in [-0.15, -0.1) is 0 Å². The van der Waals surface area contributed by atoms with Gasteiger partial charge in [0.2, 0.25) is 12.3 Å². The van der Waals surface area contributed by atoms with Crippen LogP contribution in [0.4, 0.5) is 0 Å². The van der Waals surface area contributed by atoms with E-state index in [1.54, 1.807) is 24.3 Å². The monoisotopic (exact) mass is 380 g/mol. The third kappa shape index (κ3) is 4.15. The van der Waals surface area contributed by atoms with Gasteiger partial charge in [-0.05, 0) is 44.4 Å². The van der Waals surface area contributed by atoms with Gasteiger partial charge in [0.25, 0.3) is 0 Å². The summed E-state index contributed by atoms with van der Waals surface area (Å²) in [6.07, 6.45) is 1.23. The number of aliphatic carboxylic acids is 1. The fraction of sp³-hybridized carbons (Fsp3) is 0.409. The fourth-order valence-electron chi connectivity index (χ4n) is 3.54. The summed E-state index contributed by atoms with van der Waals surface area (Å²) in [4.78, 5) is 27.5. The van der Waals surface area contributed by atoms with Gasteiger partial charge >= 0.3 is 5.97 Å². The van der Waals surface area contributed by atoms with Gasteiger partial charge in [0.1, 0.15) is 5.60 Å². The van der Waals surface area contributed by atoms with Crippen molar-refractivity contribution in [3.05, 3.63) is 70.3 Å². The third-order valence-electron chi connectivity index (χ3n) is 5.10. The molecule has 0 spiro atoms. The molecule has 146 valence electrons. The smallest absolute Gasteiger partial charge is 0.312 e. The van der Waals surface area contributed by atoms with Crippen LogP contribution in [-0.2, 0) is 22.5 Å². The van der Waals surface area contributed by atoms with Gasteiger partial charge in [0.15, 0.2) is 0 Å². The molecule has 0 amide bonds. The van der Waals surface area contributed by atoms with Crippen molar-refractivity contribution in [2.45, 2.75) is 44.8 Å². The molecule has 0 saturated carbocycles. The molecule has 0 radical (unpaired) electrons. The highest BCUT2D eigenvalue weighted by molar-refractivity contribution is 6.08. The van der Waals surface area contributed by atoms with Crippen molar-refractivity contribution in [3.63, 3.8) is 0 Å². The molecule has 2 heterocycles. The number of fused-ring (bicyclic) bond motifs is 1. The number of ketones is 1. The second-order valence-electron chi connectivity index (χ2n) is 7.68. The SMILES string of the molecule is [C-]#[N+]CC(C)(C)OCCc1ccc(C(=O)c2ccc3n2CCC3C(=O)O)cc1. The van der Waals surface area contributed by atoms with Crippen molar-refractivity contribution in [2.75, 3.05) is 13.2 Å². The van der Waals surface area contributed by atoms with E-state index in [0.717, 1.165) is 5.56 Å². The zero-order valence-electron chi connectivity index (χ0n) is 16.1. The van der Waals surface area contributed by atoms with E-state index in [1.165, 1.54) is 0 Å². The topological polar surface area (TPSA) is 72.9 Å². The Morgan fingerprint density at radius 3 is 2.61 bits per heavy atom. The van der Waals surface area contributed by atoms with Gasteiger partial charge in [-0.3, -0.25) is 9.59 Å². The lowest BCUT2D eigenvalue weighted by Gasteiger charge is -2.19.